The van der Waals surface area contributed by atoms with Gasteiger partial charge in [0.1, 0.15) is 24.1 Å². The van der Waals surface area contributed by atoms with E-state index in [1.165, 1.54) is 22.9 Å². The van der Waals surface area contributed by atoms with E-state index >= 15 is 0 Å². The number of amides is 1. The van der Waals surface area contributed by atoms with E-state index in [-0.39, 0.29) is 13.0 Å². The second-order valence-electron chi connectivity index (χ2n) is 8.24. The number of carbonyl (C=O) groups excluding carboxylic acids is 2. The number of aromatic nitrogens is 4. The van der Waals surface area contributed by atoms with Gasteiger partial charge in [-0.15, -0.1) is 15.3 Å². The lowest BCUT2D eigenvalue weighted by Crippen LogP contribution is -2.44. The zero-order valence-corrected chi connectivity index (χ0v) is 19.1. The van der Waals surface area contributed by atoms with Crippen molar-refractivity contribution in [2.24, 2.45) is 0 Å². The molecule has 0 spiro atoms. The van der Waals surface area contributed by atoms with Gasteiger partial charge in [-0.1, -0.05) is 15.9 Å². The summed E-state index contributed by atoms with van der Waals surface area (Å²) < 4.78 is 18.9. The minimum atomic E-state index is -0.804. The van der Waals surface area contributed by atoms with Crippen molar-refractivity contribution in [2.75, 3.05) is 13.7 Å². The number of rotatable bonds is 3. The van der Waals surface area contributed by atoms with E-state index in [1.807, 2.05) is 18.2 Å². The second-order valence-corrected chi connectivity index (χ2v) is 9.16. The van der Waals surface area contributed by atoms with Gasteiger partial charge in [0.25, 0.3) is 0 Å². The molecule has 31 heavy (non-hydrogen) atoms. The fourth-order valence-corrected chi connectivity index (χ4v) is 3.89. The molecule has 0 bridgehead atoms. The molecule has 1 amide bonds. The zero-order chi connectivity index (χ0) is 22.3. The van der Waals surface area contributed by atoms with E-state index < -0.39 is 29.8 Å². The predicted octanol–water partition coefficient (Wildman–Crippen LogP) is 2.97. The van der Waals surface area contributed by atoms with E-state index in [0.717, 1.165) is 15.2 Å². The molecule has 2 aromatic heterocycles. The standard InChI is InChI=1S/C20H22BrN5O5/c1-20(2,3)31-19(28)25-9-12(8-15(25)18(27)29-4)30-17-14-7-11(21)5-6-13(14)16-23-22-10-26(16)24-17/h5-7,10,12,15H,8-9H2,1-4H3/t12-,15+/m1/s1. The molecule has 3 aromatic rings. The van der Waals surface area contributed by atoms with Gasteiger partial charge < -0.3 is 14.2 Å². The van der Waals surface area contributed by atoms with Crippen LogP contribution in [0.4, 0.5) is 4.79 Å². The average molecular weight is 492 g/mol. The Morgan fingerprint density at radius 3 is 2.71 bits per heavy atom. The van der Waals surface area contributed by atoms with E-state index in [9.17, 15) is 9.59 Å². The third-order valence-corrected chi connectivity index (χ3v) is 5.32. The Morgan fingerprint density at radius 1 is 1.23 bits per heavy atom. The van der Waals surface area contributed by atoms with Crippen LogP contribution in [0.2, 0.25) is 0 Å². The molecule has 0 N–H and O–H groups in total. The van der Waals surface area contributed by atoms with Crippen LogP contribution < -0.4 is 4.74 Å². The molecule has 3 heterocycles. The third-order valence-electron chi connectivity index (χ3n) is 4.82. The topological polar surface area (TPSA) is 108 Å². The van der Waals surface area contributed by atoms with Gasteiger partial charge in [-0.2, -0.15) is 4.52 Å². The smallest absolute Gasteiger partial charge is 0.411 e. The summed E-state index contributed by atoms with van der Waals surface area (Å²) in [5.74, 6) is -0.171. The quantitative estimate of drug-likeness (QED) is 0.514. The highest BCUT2D eigenvalue weighted by atomic mass is 79.9. The molecule has 0 radical (unpaired) electrons. The van der Waals surface area contributed by atoms with Crippen molar-refractivity contribution in [1.29, 1.82) is 0 Å². The first-order valence-electron chi connectivity index (χ1n) is 9.69. The molecule has 1 saturated heterocycles. The minimum Gasteiger partial charge on any atom is -0.471 e. The van der Waals surface area contributed by atoms with Gasteiger partial charge in [-0.25, -0.2) is 9.59 Å². The Morgan fingerprint density at radius 2 is 2.00 bits per heavy atom. The summed E-state index contributed by atoms with van der Waals surface area (Å²) in [6.07, 6.45) is 0.662. The van der Waals surface area contributed by atoms with Crippen LogP contribution in [0.25, 0.3) is 16.4 Å². The molecule has 164 valence electrons. The predicted molar refractivity (Wildman–Crippen MR) is 114 cm³/mol. The summed E-state index contributed by atoms with van der Waals surface area (Å²) in [5.41, 5.74) is -0.0932. The largest absolute Gasteiger partial charge is 0.471 e. The number of methoxy groups -OCH3 is 1. The Hall–Kier alpha value is -2.95. The fourth-order valence-electron chi connectivity index (χ4n) is 3.53. The number of nitrogens with zero attached hydrogens (tertiary/aromatic N) is 5. The van der Waals surface area contributed by atoms with E-state index in [1.54, 1.807) is 20.8 Å². The van der Waals surface area contributed by atoms with E-state index in [0.29, 0.717) is 11.5 Å². The number of likely N-dealkylation sites (tertiary alicyclic amines) is 1. The van der Waals surface area contributed by atoms with Gasteiger partial charge >= 0.3 is 12.1 Å². The molecule has 11 heteroatoms. The first-order chi connectivity index (χ1) is 14.7. The van der Waals surface area contributed by atoms with Crippen LogP contribution in [0.5, 0.6) is 5.88 Å². The van der Waals surface area contributed by atoms with Crippen LogP contribution in [-0.4, -0.2) is 68.2 Å². The summed E-state index contributed by atoms with van der Waals surface area (Å²) >= 11 is 3.47. The highest BCUT2D eigenvalue weighted by Gasteiger charge is 2.43. The van der Waals surface area contributed by atoms with Crippen LogP contribution in [0.15, 0.2) is 29.0 Å². The van der Waals surface area contributed by atoms with Gasteiger partial charge in [-0.3, -0.25) is 4.90 Å². The van der Waals surface area contributed by atoms with Gasteiger partial charge in [0.05, 0.1) is 19.0 Å². The number of hydrogen-bond donors (Lipinski definition) is 0. The first-order valence-corrected chi connectivity index (χ1v) is 10.5. The molecule has 2 atom stereocenters. The lowest BCUT2D eigenvalue weighted by molar-refractivity contribution is -0.145. The summed E-state index contributed by atoms with van der Waals surface area (Å²) in [5, 5.41) is 14.1. The van der Waals surface area contributed by atoms with Crippen LogP contribution >= 0.6 is 15.9 Å². The summed E-state index contributed by atoms with van der Waals surface area (Å²) in [6.45, 7) is 5.46. The Balaban J connectivity index is 1.66. The number of halogens is 1. The van der Waals surface area contributed by atoms with Crippen molar-refractivity contribution in [2.45, 2.75) is 44.9 Å². The van der Waals surface area contributed by atoms with Gasteiger partial charge in [0.2, 0.25) is 5.88 Å². The maximum Gasteiger partial charge on any atom is 0.411 e. The van der Waals surface area contributed by atoms with Gasteiger partial charge in [0, 0.05) is 16.3 Å². The Kier molecular flexibility index (Phi) is 5.46. The summed E-state index contributed by atoms with van der Waals surface area (Å²) in [7, 11) is 1.29. The second kappa shape index (κ2) is 7.95. The highest BCUT2D eigenvalue weighted by Crippen LogP contribution is 2.32. The molecule has 1 aromatic carbocycles. The summed E-state index contributed by atoms with van der Waals surface area (Å²) in [6, 6.07) is 4.87. The van der Waals surface area contributed by atoms with Gasteiger partial charge in [0.15, 0.2) is 5.65 Å². The Bertz CT molecular complexity index is 1160. The lowest BCUT2D eigenvalue weighted by atomic mass is 10.2. The molecule has 0 unspecified atom stereocenters. The molecule has 0 saturated carbocycles. The van der Waals surface area contributed by atoms with E-state index in [2.05, 4.69) is 31.2 Å². The molecular formula is C20H22BrN5O5. The number of carbonyl (C=O) groups is 2. The number of ether oxygens (including phenoxy) is 3. The van der Waals surface area contributed by atoms with Crippen LogP contribution in [0.1, 0.15) is 27.2 Å². The first kappa shape index (κ1) is 21.3. The normalized spacial score (nSPS) is 19.1. The van der Waals surface area contributed by atoms with Crippen LogP contribution in [-0.2, 0) is 14.3 Å². The van der Waals surface area contributed by atoms with Crippen molar-refractivity contribution >= 4 is 44.4 Å². The molecule has 1 fully saturated rings. The highest BCUT2D eigenvalue weighted by molar-refractivity contribution is 9.10. The van der Waals surface area contributed by atoms with Crippen molar-refractivity contribution < 1.29 is 23.8 Å². The third kappa shape index (κ3) is 4.27. The van der Waals surface area contributed by atoms with Crippen molar-refractivity contribution in [3.05, 3.63) is 29.0 Å². The Labute approximate surface area is 186 Å². The number of esters is 1. The lowest BCUT2D eigenvalue weighted by Gasteiger charge is -2.27. The number of benzene rings is 1. The maximum absolute atomic E-state index is 12.7. The number of fused-ring (bicyclic) bond motifs is 3. The van der Waals surface area contributed by atoms with Crippen molar-refractivity contribution in [3.63, 3.8) is 0 Å². The molecule has 1 aliphatic heterocycles. The average Bonchev–Trinajstić information content (AvgIpc) is 3.33. The molecular weight excluding hydrogens is 470 g/mol. The molecule has 10 nitrogen and oxygen atoms in total. The van der Waals surface area contributed by atoms with E-state index in [4.69, 9.17) is 14.2 Å². The van der Waals surface area contributed by atoms with Crippen LogP contribution in [0, 0.1) is 0 Å². The minimum absolute atomic E-state index is 0.159. The molecule has 1 aliphatic rings. The molecule has 0 aliphatic carbocycles. The van der Waals surface area contributed by atoms with Gasteiger partial charge in [-0.05, 0) is 39.0 Å². The number of hydrogen-bond acceptors (Lipinski definition) is 8. The van der Waals surface area contributed by atoms with Crippen molar-refractivity contribution in [3.8, 4) is 5.88 Å². The fraction of sp³-hybridized carbons (Fsp3) is 0.450. The van der Waals surface area contributed by atoms with Crippen LogP contribution in [0.3, 0.4) is 0 Å². The summed E-state index contributed by atoms with van der Waals surface area (Å²) in [4.78, 5) is 26.3. The monoisotopic (exact) mass is 491 g/mol. The zero-order valence-electron chi connectivity index (χ0n) is 17.5. The van der Waals surface area contributed by atoms with Crippen molar-refractivity contribution in [1.82, 2.24) is 24.7 Å². The maximum atomic E-state index is 12.7. The SMILES string of the molecule is COC(=O)[C@@H]1C[C@@H](Oc2nn3cnnc3c3ccc(Br)cc23)CN1C(=O)OC(C)(C)C. The molecule has 4 rings (SSSR count).